The van der Waals surface area contributed by atoms with Crippen molar-refractivity contribution in [1.29, 1.82) is 0 Å². The van der Waals surface area contributed by atoms with E-state index in [0.29, 0.717) is 5.56 Å². The number of hydrogen-bond donors (Lipinski definition) is 0. The van der Waals surface area contributed by atoms with Crippen LogP contribution >= 0.6 is 15.9 Å². The van der Waals surface area contributed by atoms with E-state index >= 15 is 0 Å². The van der Waals surface area contributed by atoms with Crippen molar-refractivity contribution in [3.63, 3.8) is 0 Å². The highest BCUT2D eigenvalue weighted by molar-refractivity contribution is 9.10. The maximum Gasteiger partial charge on any atom is 0.401 e. The van der Waals surface area contributed by atoms with E-state index in [1.807, 2.05) is 0 Å². The van der Waals surface area contributed by atoms with Gasteiger partial charge in [0.25, 0.3) is 0 Å². The Morgan fingerprint density at radius 3 is 2.44 bits per heavy atom. The molecule has 1 aromatic rings. The van der Waals surface area contributed by atoms with Crippen LogP contribution in [-0.4, -0.2) is 23.7 Å². The van der Waals surface area contributed by atoms with Crippen molar-refractivity contribution in [3.8, 4) is 0 Å². The first-order valence-electron chi connectivity index (χ1n) is 5.60. The largest absolute Gasteiger partial charge is 0.401 e. The second-order valence-electron chi connectivity index (χ2n) is 4.50. The van der Waals surface area contributed by atoms with Crippen LogP contribution in [0, 0.1) is 5.82 Å². The van der Waals surface area contributed by atoms with Crippen molar-refractivity contribution in [1.82, 2.24) is 4.90 Å². The fraction of sp³-hybridized carbons (Fsp3) is 0.500. The first-order chi connectivity index (χ1) is 8.35. The van der Waals surface area contributed by atoms with Gasteiger partial charge in [-0.3, -0.25) is 4.90 Å². The zero-order valence-electron chi connectivity index (χ0n) is 9.47. The van der Waals surface area contributed by atoms with Crippen LogP contribution in [0.1, 0.15) is 18.4 Å². The van der Waals surface area contributed by atoms with Gasteiger partial charge in [0.1, 0.15) is 5.82 Å². The van der Waals surface area contributed by atoms with Gasteiger partial charge in [-0.2, -0.15) is 13.2 Å². The minimum absolute atomic E-state index is 0.00968. The molecule has 100 valence electrons. The minimum Gasteiger partial charge on any atom is -0.288 e. The number of halogens is 5. The lowest BCUT2D eigenvalue weighted by Crippen LogP contribution is -2.35. The molecule has 0 amide bonds. The van der Waals surface area contributed by atoms with Crippen LogP contribution < -0.4 is 0 Å². The Morgan fingerprint density at radius 2 is 1.94 bits per heavy atom. The monoisotopic (exact) mass is 325 g/mol. The summed E-state index contributed by atoms with van der Waals surface area (Å²) in [7, 11) is 0. The fourth-order valence-electron chi connectivity index (χ4n) is 1.86. The highest BCUT2D eigenvalue weighted by atomic mass is 79.9. The fourth-order valence-corrected chi connectivity index (χ4v) is 2.28. The molecule has 0 aromatic heterocycles. The highest BCUT2D eigenvalue weighted by Gasteiger charge is 2.37. The van der Waals surface area contributed by atoms with Crippen molar-refractivity contribution in [2.45, 2.75) is 31.6 Å². The van der Waals surface area contributed by atoms with E-state index in [2.05, 4.69) is 15.9 Å². The van der Waals surface area contributed by atoms with Crippen LogP contribution in [0.2, 0.25) is 0 Å². The third-order valence-corrected chi connectivity index (χ3v) is 3.42. The van der Waals surface area contributed by atoms with Gasteiger partial charge in [0.05, 0.1) is 11.0 Å². The van der Waals surface area contributed by atoms with Crippen molar-refractivity contribution in [3.05, 3.63) is 34.1 Å². The van der Waals surface area contributed by atoms with Crippen molar-refractivity contribution >= 4 is 15.9 Å². The average Bonchev–Trinajstić information content (AvgIpc) is 3.04. The van der Waals surface area contributed by atoms with Gasteiger partial charge in [0.15, 0.2) is 0 Å². The predicted octanol–water partition coefficient (Wildman–Crippen LogP) is 4.11. The molecule has 0 N–H and O–H groups in total. The molecule has 18 heavy (non-hydrogen) atoms. The number of benzene rings is 1. The van der Waals surface area contributed by atoms with E-state index in [1.165, 1.54) is 23.1 Å². The van der Waals surface area contributed by atoms with Gasteiger partial charge in [0, 0.05) is 12.6 Å². The third kappa shape index (κ3) is 3.95. The molecule has 1 aliphatic rings. The molecule has 0 bridgehead atoms. The quantitative estimate of drug-likeness (QED) is 0.753. The Labute approximate surface area is 111 Å². The van der Waals surface area contributed by atoms with Crippen molar-refractivity contribution < 1.29 is 17.6 Å². The minimum atomic E-state index is -4.19. The first kappa shape index (κ1) is 13.8. The van der Waals surface area contributed by atoms with Crippen LogP contribution in [0.5, 0.6) is 0 Å². The van der Waals surface area contributed by atoms with Gasteiger partial charge in [-0.1, -0.05) is 6.07 Å². The zero-order chi connectivity index (χ0) is 13.3. The molecule has 0 heterocycles. The average molecular weight is 326 g/mol. The van der Waals surface area contributed by atoms with Crippen LogP contribution in [0.4, 0.5) is 17.6 Å². The molecule has 1 fully saturated rings. The topological polar surface area (TPSA) is 3.24 Å². The van der Waals surface area contributed by atoms with Gasteiger partial charge in [-0.05, 0) is 46.5 Å². The summed E-state index contributed by atoms with van der Waals surface area (Å²) in [6.07, 6.45) is -2.59. The van der Waals surface area contributed by atoms with Crippen LogP contribution in [0.3, 0.4) is 0 Å². The molecule has 0 spiro atoms. The maximum absolute atomic E-state index is 13.0. The van der Waals surface area contributed by atoms with Gasteiger partial charge in [0.2, 0.25) is 0 Å². The summed E-state index contributed by atoms with van der Waals surface area (Å²) in [6.45, 7) is -0.713. The molecule has 0 atom stereocenters. The lowest BCUT2D eigenvalue weighted by Gasteiger charge is -2.23. The summed E-state index contributed by atoms with van der Waals surface area (Å²) < 4.78 is 50.6. The molecule has 1 saturated carbocycles. The Bertz CT molecular complexity index is 429. The van der Waals surface area contributed by atoms with E-state index < -0.39 is 18.5 Å². The molecule has 6 heteroatoms. The van der Waals surface area contributed by atoms with E-state index in [9.17, 15) is 17.6 Å². The van der Waals surface area contributed by atoms with Gasteiger partial charge >= 0.3 is 6.18 Å². The molecule has 2 rings (SSSR count). The van der Waals surface area contributed by atoms with Gasteiger partial charge in [-0.25, -0.2) is 4.39 Å². The van der Waals surface area contributed by atoms with Gasteiger partial charge in [-0.15, -0.1) is 0 Å². The van der Waals surface area contributed by atoms with E-state index in [1.54, 1.807) is 0 Å². The van der Waals surface area contributed by atoms with Gasteiger partial charge < -0.3 is 0 Å². The van der Waals surface area contributed by atoms with Crippen molar-refractivity contribution in [2.75, 3.05) is 6.54 Å². The van der Waals surface area contributed by atoms with Crippen molar-refractivity contribution in [2.24, 2.45) is 0 Å². The molecule has 0 unspecified atom stereocenters. The van der Waals surface area contributed by atoms with E-state index in [4.69, 9.17) is 0 Å². The normalized spacial score (nSPS) is 16.3. The standard InChI is InChI=1S/C12H12BrF4N/c13-10-5-8(1-4-11(10)14)6-18(9-2-3-9)7-12(15,16)17/h1,4-5,9H,2-3,6-7H2. The second-order valence-corrected chi connectivity index (χ2v) is 5.35. The smallest absolute Gasteiger partial charge is 0.288 e. The highest BCUT2D eigenvalue weighted by Crippen LogP contribution is 2.31. The summed E-state index contributed by atoms with van der Waals surface area (Å²) in [4.78, 5) is 1.40. The number of hydrogen-bond acceptors (Lipinski definition) is 1. The summed E-state index contributed by atoms with van der Waals surface area (Å²) in [5.74, 6) is -0.410. The molecule has 1 aliphatic carbocycles. The first-order valence-corrected chi connectivity index (χ1v) is 6.39. The lowest BCUT2D eigenvalue weighted by atomic mass is 10.2. The summed E-state index contributed by atoms with van der Waals surface area (Å²) in [5, 5.41) is 0. The Balaban J connectivity index is 2.06. The predicted molar refractivity (Wildman–Crippen MR) is 63.6 cm³/mol. The molecule has 0 saturated heterocycles. The molecular formula is C12H12BrF4N. The zero-order valence-corrected chi connectivity index (χ0v) is 11.1. The number of rotatable bonds is 4. The number of nitrogens with zero attached hydrogens (tertiary/aromatic N) is 1. The molecule has 1 nitrogen and oxygen atoms in total. The Morgan fingerprint density at radius 1 is 1.28 bits per heavy atom. The van der Waals surface area contributed by atoms with E-state index in [-0.39, 0.29) is 17.1 Å². The Kier molecular flexibility index (Phi) is 3.96. The Hall–Kier alpha value is -0.620. The van der Waals surface area contributed by atoms with Crippen LogP contribution in [0.15, 0.2) is 22.7 Å². The maximum atomic E-state index is 13.0. The second kappa shape index (κ2) is 5.17. The summed E-state index contributed by atoms with van der Waals surface area (Å²) >= 11 is 3.03. The molecule has 0 aliphatic heterocycles. The molecule has 0 radical (unpaired) electrons. The number of alkyl halides is 3. The summed E-state index contributed by atoms with van der Waals surface area (Å²) in [6, 6.07) is 4.32. The molecule has 1 aromatic carbocycles. The van der Waals surface area contributed by atoms with Crippen LogP contribution in [0.25, 0.3) is 0 Å². The summed E-state index contributed by atoms with van der Waals surface area (Å²) in [5.41, 5.74) is 0.680. The lowest BCUT2D eigenvalue weighted by molar-refractivity contribution is -0.148. The van der Waals surface area contributed by atoms with E-state index in [0.717, 1.165) is 12.8 Å². The SMILES string of the molecule is Fc1ccc(CN(CC(F)(F)F)C2CC2)cc1Br. The third-order valence-electron chi connectivity index (χ3n) is 2.82. The van der Waals surface area contributed by atoms with Crippen LogP contribution in [-0.2, 0) is 6.54 Å². The molecular weight excluding hydrogens is 314 g/mol.